The summed E-state index contributed by atoms with van der Waals surface area (Å²) >= 11 is 3.43. The van der Waals surface area contributed by atoms with Gasteiger partial charge in [0.15, 0.2) is 0 Å². The summed E-state index contributed by atoms with van der Waals surface area (Å²) in [6.45, 7) is 2.49. The lowest BCUT2D eigenvalue weighted by Crippen LogP contribution is -2.44. The second-order valence-electron chi connectivity index (χ2n) is 5.63. The summed E-state index contributed by atoms with van der Waals surface area (Å²) in [5.41, 5.74) is 5.90. The predicted molar refractivity (Wildman–Crippen MR) is 87.1 cm³/mol. The first kappa shape index (κ1) is 15.8. The van der Waals surface area contributed by atoms with Crippen LogP contribution in [-0.4, -0.2) is 37.7 Å². The number of nitrogens with two attached hydrogens (primary N) is 1. The molecular formula is C16H25BrN2O. The quantitative estimate of drug-likeness (QED) is 0.863. The van der Waals surface area contributed by atoms with E-state index in [1.165, 1.54) is 25.7 Å². The molecule has 1 aromatic rings. The van der Waals surface area contributed by atoms with Crippen LogP contribution in [0.2, 0.25) is 0 Å². The van der Waals surface area contributed by atoms with Crippen molar-refractivity contribution in [3.05, 3.63) is 28.7 Å². The Hall–Kier alpha value is -0.580. The lowest BCUT2D eigenvalue weighted by atomic mass is 9.84. The maximum atomic E-state index is 5.90. The molecule has 0 bridgehead atoms. The molecule has 2 N–H and O–H groups in total. The average molecular weight is 341 g/mol. The third-order valence-corrected chi connectivity index (χ3v) is 4.79. The molecule has 0 spiro atoms. The Kier molecular flexibility index (Phi) is 6.33. The van der Waals surface area contributed by atoms with Crippen molar-refractivity contribution in [2.75, 3.05) is 26.7 Å². The molecule has 0 heterocycles. The molecule has 1 aliphatic carbocycles. The number of halogens is 1. The largest absolute Gasteiger partial charge is 0.492 e. The first-order valence-electron chi connectivity index (χ1n) is 7.49. The van der Waals surface area contributed by atoms with Crippen LogP contribution in [0.15, 0.2) is 28.7 Å². The smallest absolute Gasteiger partial charge is 0.119 e. The van der Waals surface area contributed by atoms with Crippen molar-refractivity contribution in [2.45, 2.75) is 31.7 Å². The topological polar surface area (TPSA) is 38.5 Å². The third-order valence-electron chi connectivity index (χ3n) is 4.26. The number of nitrogens with zero attached hydrogens (tertiary/aromatic N) is 1. The van der Waals surface area contributed by atoms with Crippen molar-refractivity contribution in [1.82, 2.24) is 4.90 Å². The molecule has 112 valence electrons. The molecule has 1 saturated carbocycles. The van der Waals surface area contributed by atoms with E-state index in [2.05, 4.69) is 27.9 Å². The first-order valence-corrected chi connectivity index (χ1v) is 8.28. The fourth-order valence-electron chi connectivity index (χ4n) is 3.05. The number of hydrogen-bond donors (Lipinski definition) is 1. The Labute approximate surface area is 130 Å². The number of rotatable bonds is 6. The van der Waals surface area contributed by atoms with E-state index in [1.54, 1.807) is 0 Å². The zero-order valence-corrected chi connectivity index (χ0v) is 13.8. The summed E-state index contributed by atoms with van der Waals surface area (Å²) in [5.74, 6) is 1.59. The van der Waals surface area contributed by atoms with E-state index in [0.717, 1.165) is 29.9 Å². The molecule has 1 fully saturated rings. The number of ether oxygens (including phenoxy) is 1. The molecule has 1 aliphatic rings. The molecule has 2 rings (SSSR count). The van der Waals surface area contributed by atoms with E-state index >= 15 is 0 Å². The lowest BCUT2D eigenvalue weighted by molar-refractivity contribution is 0.115. The Morgan fingerprint density at radius 2 is 1.95 bits per heavy atom. The molecule has 3 nitrogen and oxygen atoms in total. The van der Waals surface area contributed by atoms with Gasteiger partial charge in [0.2, 0.25) is 0 Å². The molecule has 0 radical (unpaired) electrons. The van der Waals surface area contributed by atoms with E-state index in [9.17, 15) is 0 Å². The summed E-state index contributed by atoms with van der Waals surface area (Å²) in [7, 11) is 2.20. The number of hydrogen-bond acceptors (Lipinski definition) is 3. The molecule has 0 amide bonds. The van der Waals surface area contributed by atoms with Crippen LogP contribution < -0.4 is 10.5 Å². The summed E-state index contributed by atoms with van der Waals surface area (Å²) in [6.07, 6.45) is 5.22. The van der Waals surface area contributed by atoms with Crippen molar-refractivity contribution in [1.29, 1.82) is 0 Å². The van der Waals surface area contributed by atoms with Crippen molar-refractivity contribution in [3.8, 4) is 5.75 Å². The molecule has 0 aromatic heterocycles. The first-order chi connectivity index (χ1) is 9.70. The number of benzene rings is 1. The van der Waals surface area contributed by atoms with Gasteiger partial charge in [0.05, 0.1) is 0 Å². The summed E-state index contributed by atoms with van der Waals surface area (Å²) < 4.78 is 6.88. The molecule has 2 atom stereocenters. The normalized spacial score (nSPS) is 23.0. The van der Waals surface area contributed by atoms with E-state index < -0.39 is 0 Å². The van der Waals surface area contributed by atoms with Crippen LogP contribution >= 0.6 is 15.9 Å². The minimum atomic E-state index is 0.627. The van der Waals surface area contributed by atoms with E-state index in [-0.39, 0.29) is 0 Å². The molecule has 20 heavy (non-hydrogen) atoms. The Morgan fingerprint density at radius 3 is 2.65 bits per heavy atom. The minimum absolute atomic E-state index is 0.627. The van der Waals surface area contributed by atoms with Crippen molar-refractivity contribution < 1.29 is 4.74 Å². The van der Waals surface area contributed by atoms with Gasteiger partial charge >= 0.3 is 0 Å². The molecule has 4 heteroatoms. The van der Waals surface area contributed by atoms with Gasteiger partial charge in [-0.1, -0.05) is 28.8 Å². The highest BCUT2D eigenvalue weighted by atomic mass is 79.9. The van der Waals surface area contributed by atoms with Crippen LogP contribution in [0.25, 0.3) is 0 Å². The molecule has 0 aliphatic heterocycles. The highest BCUT2D eigenvalue weighted by molar-refractivity contribution is 9.10. The van der Waals surface area contributed by atoms with Gasteiger partial charge in [0.1, 0.15) is 12.4 Å². The van der Waals surface area contributed by atoms with Crippen LogP contribution in [0.5, 0.6) is 5.75 Å². The van der Waals surface area contributed by atoms with Crippen LogP contribution in [0, 0.1) is 5.92 Å². The molecular weight excluding hydrogens is 316 g/mol. The van der Waals surface area contributed by atoms with Crippen LogP contribution in [-0.2, 0) is 0 Å². The van der Waals surface area contributed by atoms with E-state index in [4.69, 9.17) is 10.5 Å². The number of likely N-dealkylation sites (N-methyl/N-ethyl adjacent to an activating group) is 1. The van der Waals surface area contributed by atoms with Crippen LogP contribution in [0.1, 0.15) is 25.7 Å². The van der Waals surface area contributed by atoms with Gasteiger partial charge in [0.25, 0.3) is 0 Å². The van der Waals surface area contributed by atoms with Crippen LogP contribution in [0.4, 0.5) is 0 Å². The second kappa shape index (κ2) is 8.01. The standard InChI is InChI=1S/C16H25BrN2O/c1-19(16-5-3-2-4-13(16)12-18)10-11-20-15-8-6-14(17)7-9-15/h6-9,13,16H,2-5,10-12,18H2,1H3. The SMILES string of the molecule is CN(CCOc1ccc(Br)cc1)C1CCCCC1CN. The van der Waals surface area contributed by atoms with E-state index in [1.807, 2.05) is 24.3 Å². The Bertz CT molecular complexity index is 396. The zero-order chi connectivity index (χ0) is 14.4. The molecule has 0 saturated heterocycles. The highest BCUT2D eigenvalue weighted by Crippen LogP contribution is 2.27. The van der Waals surface area contributed by atoms with Crippen LogP contribution in [0.3, 0.4) is 0 Å². The van der Waals surface area contributed by atoms with Crippen molar-refractivity contribution in [2.24, 2.45) is 11.7 Å². The fraction of sp³-hybridized carbons (Fsp3) is 0.625. The lowest BCUT2D eigenvalue weighted by Gasteiger charge is -2.37. The van der Waals surface area contributed by atoms with Gasteiger partial charge in [-0.3, -0.25) is 4.90 Å². The van der Waals surface area contributed by atoms with Crippen molar-refractivity contribution in [3.63, 3.8) is 0 Å². The van der Waals surface area contributed by atoms with E-state index in [0.29, 0.717) is 12.0 Å². The second-order valence-corrected chi connectivity index (χ2v) is 6.55. The predicted octanol–water partition coefficient (Wildman–Crippen LogP) is 3.28. The zero-order valence-electron chi connectivity index (χ0n) is 12.2. The minimum Gasteiger partial charge on any atom is -0.492 e. The fourth-order valence-corrected chi connectivity index (χ4v) is 3.31. The summed E-state index contributed by atoms with van der Waals surface area (Å²) in [5, 5.41) is 0. The van der Waals surface area contributed by atoms with Gasteiger partial charge in [-0.25, -0.2) is 0 Å². The average Bonchev–Trinajstić information content (AvgIpc) is 2.49. The maximum Gasteiger partial charge on any atom is 0.119 e. The maximum absolute atomic E-state index is 5.90. The third kappa shape index (κ3) is 4.47. The van der Waals surface area contributed by atoms with Gasteiger partial charge in [-0.2, -0.15) is 0 Å². The summed E-state index contributed by atoms with van der Waals surface area (Å²) in [4.78, 5) is 2.43. The van der Waals surface area contributed by atoms with Gasteiger partial charge < -0.3 is 10.5 Å². The molecule has 2 unspecified atom stereocenters. The molecule has 1 aromatic carbocycles. The Morgan fingerprint density at radius 1 is 1.25 bits per heavy atom. The van der Waals surface area contributed by atoms with Gasteiger partial charge in [0, 0.05) is 17.1 Å². The monoisotopic (exact) mass is 340 g/mol. The highest BCUT2D eigenvalue weighted by Gasteiger charge is 2.26. The summed E-state index contributed by atoms with van der Waals surface area (Å²) in [6, 6.07) is 8.62. The Balaban J connectivity index is 1.76. The van der Waals surface area contributed by atoms with Crippen molar-refractivity contribution >= 4 is 15.9 Å². The van der Waals surface area contributed by atoms with Gasteiger partial charge in [-0.05, 0) is 56.6 Å². The van der Waals surface area contributed by atoms with Gasteiger partial charge in [-0.15, -0.1) is 0 Å².